The second-order valence-electron chi connectivity index (χ2n) is 4.54. The van der Waals surface area contributed by atoms with Crippen LogP contribution in [0.5, 0.6) is 0 Å². The van der Waals surface area contributed by atoms with Crippen molar-refractivity contribution in [2.45, 2.75) is 13.8 Å². The number of fused-ring (bicyclic) bond motifs is 1. The molecule has 0 unspecified atom stereocenters. The fraction of sp³-hybridized carbons (Fsp3) is 0.250. The number of anilines is 1. The van der Waals surface area contributed by atoms with Gasteiger partial charge in [0.2, 0.25) is 0 Å². The number of benzene rings is 1. The van der Waals surface area contributed by atoms with E-state index < -0.39 is 0 Å². The molecule has 0 N–H and O–H groups in total. The topological polar surface area (TPSA) is 29.0 Å². The van der Waals surface area contributed by atoms with Crippen LogP contribution in [-0.4, -0.2) is 23.1 Å². The maximum atomic E-state index is 4.81. The number of thiophene rings is 1. The highest BCUT2D eigenvalue weighted by molar-refractivity contribution is 7.13. The quantitative estimate of drug-likeness (QED) is 0.718. The van der Waals surface area contributed by atoms with Crippen LogP contribution in [0.25, 0.3) is 21.6 Å². The number of nitrogens with zero attached hydrogens (tertiary/aromatic N) is 3. The maximum absolute atomic E-state index is 4.81. The van der Waals surface area contributed by atoms with E-state index in [1.807, 2.05) is 18.2 Å². The van der Waals surface area contributed by atoms with Crippen molar-refractivity contribution >= 4 is 28.1 Å². The summed E-state index contributed by atoms with van der Waals surface area (Å²) in [6, 6.07) is 12.3. The molecular weight excluding hydrogens is 266 g/mol. The van der Waals surface area contributed by atoms with Gasteiger partial charge in [-0.2, -0.15) is 0 Å². The molecule has 3 aromatic rings. The van der Waals surface area contributed by atoms with E-state index in [1.165, 1.54) is 0 Å². The molecular formula is C16H17N3S. The molecule has 0 aliphatic carbocycles. The first-order valence-corrected chi connectivity index (χ1v) is 7.77. The normalized spacial score (nSPS) is 10.9. The van der Waals surface area contributed by atoms with E-state index in [-0.39, 0.29) is 0 Å². The molecule has 0 atom stereocenters. The van der Waals surface area contributed by atoms with Gasteiger partial charge in [0.15, 0.2) is 5.82 Å². The van der Waals surface area contributed by atoms with Crippen molar-refractivity contribution in [1.82, 2.24) is 9.97 Å². The minimum absolute atomic E-state index is 0.820. The van der Waals surface area contributed by atoms with Crippen LogP contribution < -0.4 is 4.90 Å². The molecule has 2 aromatic heterocycles. The Morgan fingerprint density at radius 2 is 1.80 bits per heavy atom. The predicted molar refractivity (Wildman–Crippen MR) is 86.4 cm³/mol. The highest BCUT2D eigenvalue weighted by atomic mass is 32.1. The first-order valence-electron chi connectivity index (χ1n) is 6.89. The van der Waals surface area contributed by atoms with Gasteiger partial charge in [-0.05, 0) is 37.4 Å². The van der Waals surface area contributed by atoms with Crippen LogP contribution in [0.4, 0.5) is 5.82 Å². The number of para-hydroxylation sites is 1. The van der Waals surface area contributed by atoms with Gasteiger partial charge in [-0.3, -0.25) is 0 Å². The first kappa shape index (κ1) is 13.1. The van der Waals surface area contributed by atoms with Gasteiger partial charge in [-0.15, -0.1) is 11.3 Å². The Morgan fingerprint density at radius 3 is 2.50 bits per heavy atom. The van der Waals surface area contributed by atoms with Crippen molar-refractivity contribution in [3.63, 3.8) is 0 Å². The third-order valence-corrected chi connectivity index (χ3v) is 4.25. The second kappa shape index (κ2) is 5.59. The number of hydrogen-bond donors (Lipinski definition) is 0. The van der Waals surface area contributed by atoms with Gasteiger partial charge in [0.25, 0.3) is 0 Å². The van der Waals surface area contributed by atoms with E-state index in [0.717, 1.165) is 40.5 Å². The molecule has 1 aromatic carbocycles. The van der Waals surface area contributed by atoms with Crippen LogP contribution in [0.15, 0.2) is 41.8 Å². The Balaban J connectivity index is 2.25. The zero-order valence-corrected chi connectivity index (χ0v) is 12.5. The van der Waals surface area contributed by atoms with E-state index in [9.17, 15) is 0 Å². The van der Waals surface area contributed by atoms with Gasteiger partial charge >= 0.3 is 0 Å². The van der Waals surface area contributed by atoms with Gasteiger partial charge in [0.1, 0.15) is 5.82 Å². The van der Waals surface area contributed by atoms with Crippen molar-refractivity contribution in [3.05, 3.63) is 41.8 Å². The minimum Gasteiger partial charge on any atom is -0.357 e. The number of aromatic nitrogens is 2. The van der Waals surface area contributed by atoms with Gasteiger partial charge in [0, 0.05) is 18.5 Å². The monoisotopic (exact) mass is 283 g/mol. The molecule has 4 heteroatoms. The van der Waals surface area contributed by atoms with Crippen molar-refractivity contribution in [2.75, 3.05) is 18.0 Å². The zero-order valence-electron chi connectivity index (χ0n) is 11.7. The van der Waals surface area contributed by atoms with Crippen LogP contribution >= 0.6 is 11.3 Å². The van der Waals surface area contributed by atoms with E-state index in [2.05, 4.69) is 42.3 Å². The summed E-state index contributed by atoms with van der Waals surface area (Å²) in [5.41, 5.74) is 1.01. The van der Waals surface area contributed by atoms with Crippen molar-refractivity contribution in [1.29, 1.82) is 0 Å². The Bertz CT molecular complexity index is 703. The molecule has 3 nitrogen and oxygen atoms in total. The Hall–Kier alpha value is -1.94. The first-order chi connectivity index (χ1) is 9.83. The fourth-order valence-electron chi connectivity index (χ4n) is 2.34. The molecule has 0 spiro atoms. The zero-order chi connectivity index (χ0) is 13.9. The Morgan fingerprint density at radius 1 is 1.00 bits per heavy atom. The van der Waals surface area contributed by atoms with E-state index in [0.29, 0.717) is 0 Å². The molecule has 0 bridgehead atoms. The summed E-state index contributed by atoms with van der Waals surface area (Å²) in [5, 5.41) is 3.18. The molecule has 0 amide bonds. The molecule has 0 fully saturated rings. The molecule has 2 heterocycles. The van der Waals surface area contributed by atoms with E-state index in [4.69, 9.17) is 9.97 Å². The van der Waals surface area contributed by atoms with Crippen molar-refractivity contribution in [3.8, 4) is 10.7 Å². The molecule has 20 heavy (non-hydrogen) atoms. The molecule has 0 aliphatic heterocycles. The average Bonchev–Trinajstić information content (AvgIpc) is 3.02. The number of rotatable bonds is 4. The second-order valence-corrected chi connectivity index (χ2v) is 5.49. The van der Waals surface area contributed by atoms with Crippen molar-refractivity contribution < 1.29 is 0 Å². The largest absolute Gasteiger partial charge is 0.357 e. The van der Waals surface area contributed by atoms with Crippen molar-refractivity contribution in [2.24, 2.45) is 0 Å². The molecule has 0 saturated carbocycles. The Labute approximate surface area is 122 Å². The van der Waals surface area contributed by atoms with Crippen LogP contribution in [0, 0.1) is 0 Å². The summed E-state index contributed by atoms with van der Waals surface area (Å²) >= 11 is 1.68. The number of hydrogen-bond acceptors (Lipinski definition) is 4. The SMILES string of the molecule is CCN(CC)c1nc(-c2cccs2)nc2ccccc12. The molecule has 0 radical (unpaired) electrons. The highest BCUT2D eigenvalue weighted by Gasteiger charge is 2.13. The average molecular weight is 283 g/mol. The lowest BCUT2D eigenvalue weighted by atomic mass is 10.2. The fourth-order valence-corrected chi connectivity index (χ4v) is 3.00. The van der Waals surface area contributed by atoms with Gasteiger partial charge in [-0.25, -0.2) is 9.97 Å². The summed E-state index contributed by atoms with van der Waals surface area (Å²) in [4.78, 5) is 12.9. The predicted octanol–water partition coefficient (Wildman–Crippen LogP) is 4.20. The summed E-state index contributed by atoms with van der Waals surface area (Å²) in [6.45, 7) is 6.21. The van der Waals surface area contributed by atoms with Crippen LogP contribution in [0.1, 0.15) is 13.8 Å². The lowest BCUT2D eigenvalue weighted by molar-refractivity contribution is 0.850. The van der Waals surface area contributed by atoms with Crippen LogP contribution in [0.2, 0.25) is 0 Å². The lowest BCUT2D eigenvalue weighted by Gasteiger charge is -2.21. The summed E-state index contributed by atoms with van der Waals surface area (Å²) in [5.74, 6) is 1.85. The van der Waals surface area contributed by atoms with Gasteiger partial charge in [0.05, 0.1) is 10.4 Å². The summed E-state index contributed by atoms with van der Waals surface area (Å²) in [7, 11) is 0. The standard InChI is InChI=1S/C16H17N3S/c1-3-19(4-2)16-12-8-5-6-9-13(12)17-15(18-16)14-10-7-11-20-14/h5-11H,3-4H2,1-2H3. The third-order valence-electron chi connectivity index (χ3n) is 3.39. The Kier molecular flexibility index (Phi) is 3.65. The van der Waals surface area contributed by atoms with E-state index >= 15 is 0 Å². The van der Waals surface area contributed by atoms with Gasteiger partial charge in [-0.1, -0.05) is 18.2 Å². The smallest absolute Gasteiger partial charge is 0.172 e. The van der Waals surface area contributed by atoms with Crippen LogP contribution in [0.3, 0.4) is 0 Å². The third kappa shape index (κ3) is 2.27. The van der Waals surface area contributed by atoms with Gasteiger partial charge < -0.3 is 4.90 Å². The molecule has 3 rings (SSSR count). The highest BCUT2D eigenvalue weighted by Crippen LogP contribution is 2.29. The van der Waals surface area contributed by atoms with Crippen LogP contribution in [-0.2, 0) is 0 Å². The summed E-state index contributed by atoms with van der Waals surface area (Å²) < 4.78 is 0. The lowest BCUT2D eigenvalue weighted by Crippen LogP contribution is -2.23. The molecule has 0 saturated heterocycles. The maximum Gasteiger partial charge on any atom is 0.172 e. The summed E-state index contributed by atoms with van der Waals surface area (Å²) in [6.07, 6.45) is 0. The molecule has 102 valence electrons. The molecule has 0 aliphatic rings. The van der Waals surface area contributed by atoms with E-state index in [1.54, 1.807) is 11.3 Å². The minimum atomic E-state index is 0.820.